The van der Waals surface area contributed by atoms with Crippen LogP contribution in [0.3, 0.4) is 0 Å². The Morgan fingerprint density at radius 3 is 2.12 bits per heavy atom. The van der Waals surface area contributed by atoms with Crippen LogP contribution in [0.25, 0.3) is 17.1 Å². The van der Waals surface area contributed by atoms with Gasteiger partial charge in [-0.05, 0) is 44.0 Å². The van der Waals surface area contributed by atoms with Gasteiger partial charge in [-0.2, -0.15) is 0 Å². The maximum atomic E-state index is 6.61. The van der Waals surface area contributed by atoms with Crippen molar-refractivity contribution >= 4 is 17.1 Å². The molecule has 0 unspecified atom stereocenters. The van der Waals surface area contributed by atoms with E-state index in [1.165, 1.54) is 11.1 Å². The number of aromatic nitrogens is 2. The third-order valence-electron chi connectivity index (χ3n) is 5.72. The molecule has 0 spiro atoms. The second-order valence-corrected chi connectivity index (χ2v) is 9.26. The minimum absolute atomic E-state index is 0.0154. The molecule has 4 heteroatoms. The zero-order valence-electron chi connectivity index (χ0n) is 19.2. The van der Waals surface area contributed by atoms with E-state index in [1.807, 2.05) is 18.2 Å². The van der Waals surface area contributed by atoms with Crippen molar-refractivity contribution in [3.8, 4) is 0 Å². The predicted molar refractivity (Wildman–Crippen MR) is 134 cm³/mol. The summed E-state index contributed by atoms with van der Waals surface area (Å²) in [6.07, 6.45) is 2.03. The topological polar surface area (TPSA) is 47.1 Å². The second-order valence-electron chi connectivity index (χ2n) is 9.26. The highest BCUT2D eigenvalue weighted by molar-refractivity contribution is 5.78. The highest BCUT2D eigenvalue weighted by atomic mass is 15.2. The fourth-order valence-electron chi connectivity index (χ4n) is 3.90. The van der Waals surface area contributed by atoms with Gasteiger partial charge in [0, 0.05) is 36.9 Å². The number of nitrogens with two attached hydrogens (primary N) is 1. The summed E-state index contributed by atoms with van der Waals surface area (Å²) in [5.41, 5.74) is 12.0. The number of para-hydroxylation sites is 2. The Hall–Kier alpha value is -3.37. The molecule has 4 nitrogen and oxygen atoms in total. The third-order valence-corrected chi connectivity index (χ3v) is 5.72. The zero-order valence-corrected chi connectivity index (χ0v) is 19.2. The average molecular weight is 425 g/mol. The molecule has 0 aliphatic heterocycles. The number of benzene rings is 3. The van der Waals surface area contributed by atoms with Gasteiger partial charge in [0.2, 0.25) is 0 Å². The summed E-state index contributed by atoms with van der Waals surface area (Å²) in [6.45, 7) is 8.97. The standard InChI is InChI=1S/C28H32N4/c1-28(2,3)31(19-22-12-6-4-7-13-22)21-24(29)18-27-30-25-16-10-11-17-26(25)32(27)20-23-14-8-5-9-15-23/h4-18H,19-21,29H2,1-3H3/b24-18-. The SMILES string of the molecule is CC(C)(C)N(C/C(N)=C/c1nc2ccccc2n1Cc1ccccc1)Cc1ccccc1. The van der Waals surface area contributed by atoms with E-state index in [1.54, 1.807) is 0 Å². The van der Waals surface area contributed by atoms with Crippen LogP contribution >= 0.6 is 0 Å². The van der Waals surface area contributed by atoms with Crippen molar-refractivity contribution in [3.63, 3.8) is 0 Å². The number of imidazole rings is 1. The molecule has 3 aromatic carbocycles. The first-order valence-corrected chi connectivity index (χ1v) is 11.1. The molecular formula is C28H32N4. The van der Waals surface area contributed by atoms with E-state index in [-0.39, 0.29) is 5.54 Å². The Morgan fingerprint density at radius 2 is 1.47 bits per heavy atom. The molecule has 1 aromatic heterocycles. The van der Waals surface area contributed by atoms with Crippen LogP contribution in [0.4, 0.5) is 0 Å². The average Bonchev–Trinajstić information content (AvgIpc) is 3.11. The summed E-state index contributed by atoms with van der Waals surface area (Å²) in [4.78, 5) is 7.29. The zero-order chi connectivity index (χ0) is 22.6. The van der Waals surface area contributed by atoms with Crippen molar-refractivity contribution in [1.82, 2.24) is 14.5 Å². The lowest BCUT2D eigenvalue weighted by Crippen LogP contribution is -2.42. The van der Waals surface area contributed by atoms with Gasteiger partial charge in [0.05, 0.1) is 11.0 Å². The minimum atomic E-state index is -0.0154. The van der Waals surface area contributed by atoms with Gasteiger partial charge in [0.25, 0.3) is 0 Å². The molecule has 0 fully saturated rings. The van der Waals surface area contributed by atoms with Crippen LogP contribution in [0.15, 0.2) is 90.6 Å². The summed E-state index contributed by atoms with van der Waals surface area (Å²) in [6, 6.07) is 29.3. The molecule has 0 aliphatic rings. The minimum Gasteiger partial charge on any atom is -0.401 e. The summed E-state index contributed by atoms with van der Waals surface area (Å²) < 4.78 is 2.25. The fourth-order valence-corrected chi connectivity index (χ4v) is 3.90. The van der Waals surface area contributed by atoms with Gasteiger partial charge in [-0.25, -0.2) is 4.98 Å². The van der Waals surface area contributed by atoms with Crippen LogP contribution in [0.2, 0.25) is 0 Å². The highest BCUT2D eigenvalue weighted by Crippen LogP contribution is 2.22. The van der Waals surface area contributed by atoms with Crippen LogP contribution in [-0.4, -0.2) is 26.5 Å². The van der Waals surface area contributed by atoms with Crippen LogP contribution in [0.1, 0.15) is 37.7 Å². The number of nitrogens with zero attached hydrogens (tertiary/aromatic N) is 3. The van der Waals surface area contributed by atoms with Crippen molar-refractivity contribution in [3.05, 3.63) is 108 Å². The van der Waals surface area contributed by atoms with E-state index in [0.717, 1.165) is 35.6 Å². The third kappa shape index (κ3) is 5.27. The van der Waals surface area contributed by atoms with E-state index in [9.17, 15) is 0 Å². The number of hydrogen-bond acceptors (Lipinski definition) is 3. The second kappa shape index (κ2) is 9.41. The van der Waals surface area contributed by atoms with E-state index in [0.29, 0.717) is 6.54 Å². The lowest BCUT2D eigenvalue weighted by atomic mass is 10.0. The lowest BCUT2D eigenvalue weighted by molar-refractivity contribution is 0.141. The fraction of sp³-hybridized carbons (Fsp3) is 0.250. The quantitative estimate of drug-likeness (QED) is 0.415. The smallest absolute Gasteiger partial charge is 0.135 e. The Balaban J connectivity index is 1.64. The van der Waals surface area contributed by atoms with Crippen LogP contribution < -0.4 is 5.73 Å². The van der Waals surface area contributed by atoms with Gasteiger partial charge in [-0.15, -0.1) is 0 Å². The van der Waals surface area contributed by atoms with E-state index in [2.05, 4.69) is 103 Å². The first-order chi connectivity index (χ1) is 15.4. The molecule has 0 aliphatic carbocycles. The molecule has 164 valence electrons. The normalized spacial score (nSPS) is 12.6. The Labute approximate surface area is 191 Å². The molecule has 1 heterocycles. The predicted octanol–water partition coefficient (Wildman–Crippen LogP) is 5.68. The van der Waals surface area contributed by atoms with E-state index < -0.39 is 0 Å². The monoisotopic (exact) mass is 424 g/mol. The molecule has 2 N–H and O–H groups in total. The summed E-state index contributed by atoms with van der Waals surface area (Å²) in [7, 11) is 0. The van der Waals surface area contributed by atoms with Crippen molar-refractivity contribution in [2.75, 3.05) is 6.54 Å². The number of hydrogen-bond donors (Lipinski definition) is 1. The number of rotatable bonds is 7. The van der Waals surface area contributed by atoms with Gasteiger partial charge >= 0.3 is 0 Å². The van der Waals surface area contributed by atoms with Crippen molar-refractivity contribution < 1.29 is 0 Å². The maximum absolute atomic E-state index is 6.61. The molecule has 4 rings (SSSR count). The van der Waals surface area contributed by atoms with Crippen molar-refractivity contribution in [1.29, 1.82) is 0 Å². The molecule has 0 amide bonds. The molecule has 0 saturated carbocycles. The molecule has 0 saturated heterocycles. The largest absolute Gasteiger partial charge is 0.401 e. The molecule has 0 atom stereocenters. The first kappa shape index (κ1) is 21.8. The molecule has 0 bridgehead atoms. The van der Waals surface area contributed by atoms with Crippen LogP contribution in [-0.2, 0) is 13.1 Å². The maximum Gasteiger partial charge on any atom is 0.135 e. The first-order valence-electron chi connectivity index (χ1n) is 11.1. The van der Waals surface area contributed by atoms with Gasteiger partial charge in [-0.1, -0.05) is 72.8 Å². The lowest BCUT2D eigenvalue weighted by Gasteiger charge is -2.36. The van der Waals surface area contributed by atoms with Crippen molar-refractivity contribution in [2.45, 2.75) is 39.4 Å². The summed E-state index contributed by atoms with van der Waals surface area (Å²) in [5, 5.41) is 0. The van der Waals surface area contributed by atoms with Gasteiger partial charge in [0.15, 0.2) is 0 Å². The molecular weight excluding hydrogens is 392 g/mol. The Kier molecular flexibility index (Phi) is 6.42. The van der Waals surface area contributed by atoms with Gasteiger partial charge in [-0.3, -0.25) is 4.90 Å². The Morgan fingerprint density at radius 1 is 0.875 bits per heavy atom. The van der Waals surface area contributed by atoms with Gasteiger partial charge < -0.3 is 10.3 Å². The summed E-state index contributed by atoms with van der Waals surface area (Å²) in [5.74, 6) is 0.890. The van der Waals surface area contributed by atoms with Crippen LogP contribution in [0, 0.1) is 0 Å². The highest BCUT2D eigenvalue weighted by Gasteiger charge is 2.22. The molecule has 32 heavy (non-hydrogen) atoms. The Bertz CT molecular complexity index is 1180. The van der Waals surface area contributed by atoms with E-state index >= 15 is 0 Å². The molecule has 0 radical (unpaired) electrons. The molecule has 4 aromatic rings. The van der Waals surface area contributed by atoms with Gasteiger partial charge in [0.1, 0.15) is 5.82 Å². The number of fused-ring (bicyclic) bond motifs is 1. The summed E-state index contributed by atoms with van der Waals surface area (Å²) >= 11 is 0. The van der Waals surface area contributed by atoms with Crippen molar-refractivity contribution in [2.24, 2.45) is 5.73 Å². The van der Waals surface area contributed by atoms with E-state index in [4.69, 9.17) is 10.7 Å². The van der Waals surface area contributed by atoms with Crippen LogP contribution in [0.5, 0.6) is 0 Å².